The second-order valence-corrected chi connectivity index (χ2v) is 30.9. The third-order valence-electron chi connectivity index (χ3n) is 12.5. The number of thioether (sulfide) groups is 1. The molecule has 602 valence electrons. The lowest BCUT2D eigenvalue weighted by Gasteiger charge is -2.29. The van der Waals surface area contributed by atoms with Gasteiger partial charge in [-0.25, -0.2) is 39.1 Å². The van der Waals surface area contributed by atoms with E-state index in [1.165, 1.54) is 19.4 Å². The Kier molecular flexibility index (Phi) is 59.6. The van der Waals surface area contributed by atoms with Crippen molar-refractivity contribution in [2.45, 2.75) is 221 Å². The lowest BCUT2D eigenvalue weighted by Crippen LogP contribution is -2.42. The van der Waals surface area contributed by atoms with Crippen molar-refractivity contribution in [1.82, 2.24) is 14.5 Å². The summed E-state index contributed by atoms with van der Waals surface area (Å²) in [4.78, 5) is 4.03. The zero-order chi connectivity index (χ0) is 81.1. The van der Waals surface area contributed by atoms with E-state index in [0.29, 0.717) is 24.7 Å². The van der Waals surface area contributed by atoms with Gasteiger partial charge in [0.05, 0.1) is 35.2 Å². The highest BCUT2D eigenvalue weighted by Gasteiger charge is 2.60. The van der Waals surface area contributed by atoms with Crippen LogP contribution in [0.15, 0.2) is 25.8 Å². The Bertz CT molecular complexity index is 2320. The first kappa shape index (κ1) is 114. The van der Waals surface area contributed by atoms with Crippen LogP contribution >= 0.6 is 73.2 Å². The number of thiocyanates is 1. The maximum atomic E-state index is 13.6. The Morgan fingerprint density at radius 2 is 0.747 bits per heavy atom. The van der Waals surface area contributed by atoms with Crippen molar-refractivity contribution in [3.63, 3.8) is 0 Å². The Hall–Kier alpha value is -1.22. The molecule has 0 aromatic carbocycles. The normalized spacial score (nSPS) is 16.3. The zero-order valence-electron chi connectivity index (χ0n) is 55.5. The fraction of sp³-hybridized carbons (Fsp3) is 0.909. The summed E-state index contributed by atoms with van der Waals surface area (Å²) in [5, 5.41) is 10.0. The SMILES string of the molecule is C=C.C=CCC.CC(F)(CC(CCCBr)C(F)(F)F)C(F)(F)F.CC(F)(CC(CCCS(=O)(=O)Cl)C(F)(F)F)C(F)(F)F.CC(F)(CC(CCCSC#N)C(F)(F)F)C(F)(F)F.CCCCN(C)C.CN(C)CCCNS(=O)(=O)CCCC(CC(C)(F)C(F)(F)F)C(F)(F)F.ClC(Cl)Cl. The van der Waals surface area contributed by atoms with E-state index in [4.69, 9.17) is 50.7 Å². The van der Waals surface area contributed by atoms with E-state index in [2.05, 4.69) is 73.2 Å². The highest BCUT2D eigenvalue weighted by atomic mass is 79.9. The first-order valence-corrected chi connectivity index (χ1v) is 36.4. The molecule has 0 heterocycles. The standard InChI is InChI=1S/C14H25F7N2O2S.C10H12F7NS.C9H12BrF7.C9H12ClF7O2S.C6H15N.C4H8.C2H4.CHCl3/c1-12(15,14(19,20)21)10-11(13(16,17)18)6-4-9-26(24,25)22-7-5-8-23(2)3;1-8(11,10(15,16)17)5-7(9(12,13)14)3-2-4-19-6-18;1-7(11,9(15,16)17)5-6(3-2-4-10)8(12,13)14;1-7(11,9(15,16)17)5-6(8(12,13)14)3-2-4-20(10,18)19;1-4-5-6-7(2)3;1-3-4-2;1-2;2-1(3)4/h11,22H,4-10H2,1-3H3;7H,2-5H2,1H3;6H,2-5H2,1H3;6H,2-5H2,1H3;4-6H2,1-3H3;3H,1,4H2,2H3;1-2H2;1H. The minimum Gasteiger partial charge on any atom is -0.309 e. The molecule has 0 rings (SSSR count). The third-order valence-corrected chi connectivity index (χ3v) is 16.4. The van der Waals surface area contributed by atoms with Crippen LogP contribution in [0, 0.1) is 34.3 Å². The number of hydrogen-bond donors (Lipinski definition) is 1. The van der Waals surface area contributed by atoms with Crippen molar-refractivity contribution in [2.24, 2.45) is 23.7 Å². The number of rotatable bonds is 32. The smallest absolute Gasteiger partial charge is 0.309 e. The van der Waals surface area contributed by atoms with Crippen LogP contribution in [-0.2, 0) is 19.1 Å². The quantitative estimate of drug-likeness (QED) is 0.0177. The van der Waals surface area contributed by atoms with Crippen LogP contribution in [0.5, 0.6) is 0 Å². The van der Waals surface area contributed by atoms with E-state index < -0.39 is 195 Å². The van der Waals surface area contributed by atoms with Crippen LogP contribution in [0.4, 0.5) is 123 Å². The minimum atomic E-state index is -5.44. The summed E-state index contributed by atoms with van der Waals surface area (Å²) in [5.74, 6) is -11.3. The van der Waals surface area contributed by atoms with Gasteiger partial charge in [0.2, 0.25) is 41.7 Å². The van der Waals surface area contributed by atoms with Crippen LogP contribution in [0.25, 0.3) is 0 Å². The Labute approximate surface area is 594 Å². The molecule has 0 saturated carbocycles. The van der Waals surface area contributed by atoms with Gasteiger partial charge in [-0.2, -0.15) is 111 Å². The van der Waals surface area contributed by atoms with E-state index in [1.807, 2.05) is 11.0 Å². The van der Waals surface area contributed by atoms with Gasteiger partial charge < -0.3 is 9.80 Å². The molecule has 0 radical (unpaired) electrons. The summed E-state index contributed by atoms with van der Waals surface area (Å²) in [6.45, 7) is 16.0. The number of nitrogens with one attached hydrogen (secondary N) is 1. The second-order valence-electron chi connectivity index (χ2n) is 22.5. The van der Waals surface area contributed by atoms with Crippen molar-refractivity contribution >= 4 is 92.3 Å². The molecule has 0 aliphatic rings. The Morgan fingerprint density at radius 1 is 0.495 bits per heavy atom. The fourth-order valence-electron chi connectivity index (χ4n) is 6.80. The number of alkyl halides is 32. The monoisotopic (exact) mass is 1720 g/mol. The molecule has 1 N–H and O–H groups in total. The Morgan fingerprint density at radius 3 is 0.949 bits per heavy atom. The molecular formula is C55H89BrCl4F28N4O4S3. The molecule has 99 heavy (non-hydrogen) atoms. The molecule has 44 heteroatoms. The summed E-state index contributed by atoms with van der Waals surface area (Å²) in [5.41, 5.74) is -15.7. The van der Waals surface area contributed by atoms with E-state index in [1.54, 1.807) is 19.5 Å². The summed E-state index contributed by atoms with van der Waals surface area (Å²) in [6, 6.07) is 0. The average molecular weight is 1720 g/mol. The lowest BCUT2D eigenvalue weighted by atomic mass is 9.89. The predicted octanol–water partition coefficient (Wildman–Crippen LogP) is 23.3. The van der Waals surface area contributed by atoms with Gasteiger partial charge in [0.15, 0.2) is 4.30 Å². The number of allylic oxidation sites excluding steroid dienone is 1. The molecule has 0 amide bonds. The van der Waals surface area contributed by atoms with Crippen molar-refractivity contribution in [3.8, 4) is 5.40 Å². The van der Waals surface area contributed by atoms with E-state index in [0.717, 1.165) is 6.42 Å². The number of sulfonamides is 1. The first-order chi connectivity index (χ1) is 43.8. The highest BCUT2D eigenvalue weighted by molar-refractivity contribution is 9.09. The highest BCUT2D eigenvalue weighted by Crippen LogP contribution is 2.48. The maximum Gasteiger partial charge on any atom is 0.422 e. The minimum absolute atomic E-state index is 0.0179. The summed E-state index contributed by atoms with van der Waals surface area (Å²) >= 11 is 18.0. The molecule has 8 unspecified atom stereocenters. The fourth-order valence-corrected chi connectivity index (χ4v) is 9.51. The molecule has 8 nitrogen and oxygen atoms in total. The average Bonchev–Trinajstić information content (AvgIpc) is 0.840. The molecule has 0 aromatic rings. The van der Waals surface area contributed by atoms with Crippen LogP contribution in [0.3, 0.4) is 0 Å². The number of halogens is 33. The topological polar surface area (TPSA) is 111 Å². The number of unbranched alkanes of at least 4 members (excludes halogenated alkanes) is 1. The van der Waals surface area contributed by atoms with E-state index >= 15 is 0 Å². The van der Waals surface area contributed by atoms with Gasteiger partial charge in [0, 0.05) is 54.0 Å². The number of hydrogen-bond acceptors (Lipinski definition) is 8. The van der Waals surface area contributed by atoms with Crippen molar-refractivity contribution < 1.29 is 140 Å². The van der Waals surface area contributed by atoms with Gasteiger partial charge in [-0.15, -0.1) is 19.7 Å². The van der Waals surface area contributed by atoms with Crippen molar-refractivity contribution in [1.29, 1.82) is 5.26 Å². The van der Waals surface area contributed by atoms with Crippen LogP contribution in [0.1, 0.15) is 144 Å². The molecule has 0 aliphatic heterocycles. The van der Waals surface area contributed by atoms with Crippen LogP contribution < -0.4 is 4.72 Å². The van der Waals surface area contributed by atoms with Crippen molar-refractivity contribution in [3.05, 3.63) is 25.8 Å². The van der Waals surface area contributed by atoms with Gasteiger partial charge in [-0.3, -0.25) is 0 Å². The predicted molar refractivity (Wildman–Crippen MR) is 339 cm³/mol. The summed E-state index contributed by atoms with van der Waals surface area (Å²) < 4.78 is 398. The van der Waals surface area contributed by atoms with Gasteiger partial charge >= 0.3 is 49.4 Å². The molecule has 0 aromatic heterocycles. The molecule has 0 spiro atoms. The summed E-state index contributed by atoms with van der Waals surface area (Å²) in [7, 11) is 4.66. The first-order valence-electron chi connectivity index (χ1n) is 28.9. The van der Waals surface area contributed by atoms with Gasteiger partial charge in [0.25, 0.3) is 0 Å². The zero-order valence-corrected chi connectivity index (χ0v) is 62.6. The van der Waals surface area contributed by atoms with Crippen LogP contribution in [0.2, 0.25) is 0 Å². The maximum absolute atomic E-state index is 13.6. The Balaban J connectivity index is -0.000000173. The molecular weight excluding hydrogens is 1630 g/mol. The third kappa shape index (κ3) is 64.9. The molecule has 8 atom stereocenters. The van der Waals surface area contributed by atoms with Crippen molar-refractivity contribution in [2.75, 3.05) is 70.4 Å². The number of nitriles is 1. The largest absolute Gasteiger partial charge is 0.422 e. The van der Waals surface area contributed by atoms with E-state index in [-0.39, 0.29) is 58.2 Å². The van der Waals surface area contributed by atoms with Gasteiger partial charge in [-0.05, 0) is 151 Å². The number of nitrogens with zero attached hydrogens (tertiary/aromatic N) is 3. The molecule has 0 fully saturated rings. The summed E-state index contributed by atoms with van der Waals surface area (Å²) in [6.07, 6.45) is -46.3. The lowest BCUT2D eigenvalue weighted by molar-refractivity contribution is -0.249. The van der Waals surface area contributed by atoms with Gasteiger partial charge in [-0.1, -0.05) is 77.1 Å². The molecule has 0 saturated heterocycles. The molecule has 0 aliphatic carbocycles. The van der Waals surface area contributed by atoms with Gasteiger partial charge in [0.1, 0.15) is 5.40 Å². The second kappa shape index (κ2) is 51.9. The van der Waals surface area contributed by atoms with E-state index in [9.17, 15) is 140 Å². The van der Waals surface area contributed by atoms with Crippen LogP contribution in [-0.4, -0.2) is 173 Å². The molecule has 0 bridgehead atoms.